The fraction of sp³-hybridized carbons (Fsp3) is 0.357. The lowest BCUT2D eigenvalue weighted by atomic mass is 10.3. The minimum Gasteiger partial charge on any atom is -0.472 e. The lowest BCUT2D eigenvalue weighted by Gasteiger charge is -2.19. The molecule has 0 N–H and O–H groups in total. The van der Waals surface area contributed by atoms with E-state index in [4.69, 9.17) is 21.1 Å². The Kier molecular flexibility index (Phi) is 5.00. The summed E-state index contributed by atoms with van der Waals surface area (Å²) < 4.78 is 10.5. The summed E-state index contributed by atoms with van der Waals surface area (Å²) in [5, 5.41) is 8.37. The van der Waals surface area contributed by atoms with Gasteiger partial charge in [0.25, 0.3) is 5.19 Å². The van der Waals surface area contributed by atoms with Gasteiger partial charge < -0.3 is 14.4 Å². The van der Waals surface area contributed by atoms with Gasteiger partial charge in [-0.15, -0.1) is 5.10 Å². The highest BCUT2D eigenvalue weighted by molar-refractivity contribution is 7.17. The molecular weight excluding hydrogens is 370 g/mol. The van der Waals surface area contributed by atoms with E-state index in [9.17, 15) is 9.59 Å². The number of ether oxygens (including phenoxy) is 2. The highest BCUT2D eigenvalue weighted by atomic mass is 35.5. The van der Waals surface area contributed by atoms with Crippen molar-refractivity contribution in [3.05, 3.63) is 29.0 Å². The molecule has 2 aromatic rings. The lowest BCUT2D eigenvalue weighted by Crippen LogP contribution is -2.37. The zero-order chi connectivity index (χ0) is 18.0. The van der Waals surface area contributed by atoms with E-state index in [-0.39, 0.29) is 28.4 Å². The fourth-order valence-electron chi connectivity index (χ4n) is 2.29. The third-order valence-electron chi connectivity index (χ3n) is 3.52. The number of carbonyl (C=O) groups excluding carboxylic acids is 2. The Balaban J connectivity index is 1.86. The van der Waals surface area contributed by atoms with Crippen LogP contribution in [0.5, 0.6) is 5.19 Å². The molecule has 132 valence electrons. The van der Waals surface area contributed by atoms with Gasteiger partial charge in [0.2, 0.25) is 11.4 Å². The Morgan fingerprint density at radius 3 is 2.92 bits per heavy atom. The van der Waals surface area contributed by atoms with Gasteiger partial charge in [-0.25, -0.2) is 19.5 Å². The Morgan fingerprint density at radius 1 is 1.48 bits per heavy atom. The fourth-order valence-corrected chi connectivity index (χ4v) is 3.18. The number of rotatable bonds is 5. The molecule has 2 aromatic heterocycles. The summed E-state index contributed by atoms with van der Waals surface area (Å²) in [6.07, 6.45) is 0.616. The first-order chi connectivity index (χ1) is 12.0. The van der Waals surface area contributed by atoms with Gasteiger partial charge in [-0.3, -0.25) is 0 Å². The molecule has 1 atom stereocenters. The maximum Gasteiger partial charge on any atom is 0.343 e. The number of pyridine rings is 1. The molecule has 0 aromatic carbocycles. The van der Waals surface area contributed by atoms with Crippen LogP contribution in [0.25, 0.3) is 0 Å². The van der Waals surface area contributed by atoms with Crippen LogP contribution in [0.4, 0.5) is 9.93 Å². The Bertz CT molecular complexity index is 801. The van der Waals surface area contributed by atoms with Gasteiger partial charge in [-0.2, -0.15) is 0 Å². The third-order valence-corrected chi connectivity index (χ3v) is 4.71. The molecule has 1 saturated heterocycles. The van der Waals surface area contributed by atoms with E-state index >= 15 is 0 Å². The number of halogens is 1. The van der Waals surface area contributed by atoms with E-state index in [1.165, 1.54) is 29.2 Å². The number of esters is 1. The number of anilines is 1. The van der Waals surface area contributed by atoms with Crippen molar-refractivity contribution in [1.29, 1.82) is 0 Å². The van der Waals surface area contributed by atoms with Crippen molar-refractivity contribution in [2.75, 3.05) is 25.1 Å². The maximum atomic E-state index is 12.6. The average Bonchev–Trinajstić information content (AvgIpc) is 3.19. The van der Waals surface area contributed by atoms with Gasteiger partial charge in [-0.1, -0.05) is 16.7 Å². The normalized spacial score (nSPS) is 17.1. The number of hydrogen-bond acceptors (Lipinski definition) is 8. The predicted octanol–water partition coefficient (Wildman–Crippen LogP) is 2.04. The Morgan fingerprint density at radius 2 is 2.28 bits per heavy atom. The monoisotopic (exact) mass is 383 g/mol. The van der Waals surface area contributed by atoms with Crippen LogP contribution in [0.1, 0.15) is 17.3 Å². The summed E-state index contributed by atoms with van der Waals surface area (Å²) in [7, 11) is 1.45. The minimum absolute atomic E-state index is 0.0355. The van der Waals surface area contributed by atoms with E-state index < -0.39 is 12.2 Å². The van der Waals surface area contributed by atoms with Crippen molar-refractivity contribution >= 4 is 40.1 Å². The molecule has 0 bridgehead atoms. The van der Waals surface area contributed by atoms with E-state index in [1.54, 1.807) is 6.07 Å². The van der Waals surface area contributed by atoms with Gasteiger partial charge in [0.15, 0.2) is 0 Å². The van der Waals surface area contributed by atoms with Crippen LogP contribution in [-0.2, 0) is 4.74 Å². The largest absolute Gasteiger partial charge is 0.472 e. The first-order valence-electron chi connectivity index (χ1n) is 7.32. The number of amides is 2. The number of urea groups is 1. The van der Waals surface area contributed by atoms with E-state index in [1.807, 2.05) is 6.92 Å². The smallest absolute Gasteiger partial charge is 0.343 e. The molecule has 3 rings (SSSR count). The van der Waals surface area contributed by atoms with Crippen LogP contribution in [0, 0.1) is 0 Å². The quantitative estimate of drug-likeness (QED) is 0.575. The van der Waals surface area contributed by atoms with Crippen LogP contribution in [0.3, 0.4) is 0 Å². The highest BCUT2D eigenvalue weighted by Crippen LogP contribution is 2.31. The Labute approximate surface area is 152 Å². The summed E-state index contributed by atoms with van der Waals surface area (Å²) in [6.45, 7) is 2.51. The first-order valence-corrected chi connectivity index (χ1v) is 8.51. The molecule has 0 spiro atoms. The molecule has 1 aliphatic heterocycles. The van der Waals surface area contributed by atoms with Gasteiger partial charge in [0.05, 0.1) is 19.2 Å². The van der Waals surface area contributed by atoms with Gasteiger partial charge in [0, 0.05) is 12.7 Å². The molecule has 0 saturated carbocycles. The molecule has 0 radical (unpaired) electrons. The van der Waals surface area contributed by atoms with Gasteiger partial charge >= 0.3 is 12.0 Å². The summed E-state index contributed by atoms with van der Waals surface area (Å²) in [4.78, 5) is 31.6. The number of hydrogen-bond donors (Lipinski definition) is 0. The maximum absolute atomic E-state index is 12.6. The SMILES string of the molecule is CCN1CC(OC(=O)c2cccnc2Cl)N(c2nnc(OC)s2)C1=O. The van der Waals surface area contributed by atoms with Crippen molar-refractivity contribution < 1.29 is 19.1 Å². The molecule has 11 heteroatoms. The Hall–Kier alpha value is -2.46. The summed E-state index contributed by atoms with van der Waals surface area (Å²) in [6, 6.07) is 2.76. The van der Waals surface area contributed by atoms with Crippen molar-refractivity contribution in [1.82, 2.24) is 20.1 Å². The lowest BCUT2D eigenvalue weighted by molar-refractivity contribution is 0.0326. The molecular formula is C14H14ClN5O4S. The molecule has 0 aliphatic carbocycles. The second-order valence-corrected chi connectivity index (χ2v) is 6.22. The van der Waals surface area contributed by atoms with Crippen LogP contribution < -0.4 is 9.64 Å². The number of methoxy groups -OCH3 is 1. The zero-order valence-electron chi connectivity index (χ0n) is 13.4. The summed E-state index contributed by atoms with van der Waals surface area (Å²) in [5.41, 5.74) is 0.126. The first kappa shape index (κ1) is 17.4. The van der Waals surface area contributed by atoms with Crippen molar-refractivity contribution in [3.8, 4) is 5.19 Å². The molecule has 9 nitrogen and oxygen atoms in total. The number of aromatic nitrogens is 3. The molecule has 25 heavy (non-hydrogen) atoms. The second-order valence-electron chi connectivity index (χ2n) is 4.95. The number of likely N-dealkylation sites (N-methyl/N-ethyl adjacent to an activating group) is 1. The number of nitrogens with zero attached hydrogens (tertiary/aromatic N) is 5. The van der Waals surface area contributed by atoms with E-state index in [0.29, 0.717) is 11.7 Å². The molecule has 1 aliphatic rings. The van der Waals surface area contributed by atoms with Gasteiger partial charge in [-0.05, 0) is 30.4 Å². The standard InChI is InChI=1S/C14H14ClN5O4S/c1-3-19-7-9(24-11(21)8-5-4-6-16-10(8)15)20(14(19)22)12-17-18-13(23-2)25-12/h4-6,9H,3,7H2,1-2H3. The zero-order valence-corrected chi connectivity index (χ0v) is 15.0. The summed E-state index contributed by atoms with van der Waals surface area (Å²) in [5.74, 6) is -0.671. The van der Waals surface area contributed by atoms with Gasteiger partial charge in [0.1, 0.15) is 5.15 Å². The van der Waals surface area contributed by atoms with Crippen molar-refractivity contribution in [3.63, 3.8) is 0 Å². The van der Waals surface area contributed by atoms with Crippen molar-refractivity contribution in [2.24, 2.45) is 0 Å². The molecule has 3 heterocycles. The average molecular weight is 384 g/mol. The molecule has 2 amide bonds. The minimum atomic E-state index is -0.853. The van der Waals surface area contributed by atoms with Crippen LogP contribution >= 0.6 is 22.9 Å². The second kappa shape index (κ2) is 7.19. The topological polar surface area (TPSA) is 97.8 Å². The van der Waals surface area contributed by atoms with Crippen LogP contribution in [0.2, 0.25) is 5.15 Å². The highest BCUT2D eigenvalue weighted by Gasteiger charge is 2.42. The molecule has 1 unspecified atom stereocenters. The molecule has 1 fully saturated rings. The summed E-state index contributed by atoms with van der Waals surface area (Å²) >= 11 is 7.01. The van der Waals surface area contributed by atoms with E-state index in [0.717, 1.165) is 11.3 Å². The third kappa shape index (κ3) is 3.35. The predicted molar refractivity (Wildman–Crippen MR) is 90.0 cm³/mol. The van der Waals surface area contributed by atoms with E-state index in [2.05, 4.69) is 15.2 Å². The van der Waals surface area contributed by atoms with Crippen LogP contribution in [-0.4, -0.2) is 58.5 Å². The number of carbonyl (C=O) groups is 2. The van der Waals surface area contributed by atoms with Crippen molar-refractivity contribution in [2.45, 2.75) is 13.2 Å². The van der Waals surface area contributed by atoms with Crippen LogP contribution in [0.15, 0.2) is 18.3 Å².